The lowest BCUT2D eigenvalue weighted by molar-refractivity contribution is -0.138. The van der Waals surface area contributed by atoms with Gasteiger partial charge in [-0.2, -0.15) is 5.10 Å². The van der Waals surface area contributed by atoms with Gasteiger partial charge < -0.3 is 15.5 Å². The van der Waals surface area contributed by atoms with Crippen molar-refractivity contribution < 1.29 is 9.59 Å². The summed E-state index contributed by atoms with van der Waals surface area (Å²) in [4.78, 5) is 26.4. The zero-order valence-electron chi connectivity index (χ0n) is 13.7. The molecule has 2 heterocycles. The Kier molecular flexibility index (Phi) is 4.73. The Morgan fingerprint density at radius 2 is 1.95 bits per heavy atom. The quantitative estimate of drug-likeness (QED) is 0.853. The average molecular weight is 307 g/mol. The molecule has 0 saturated carbocycles. The van der Waals surface area contributed by atoms with E-state index in [4.69, 9.17) is 0 Å². The molecular formula is C15H25N5O2. The Balaban J connectivity index is 2.15. The molecule has 1 aromatic rings. The van der Waals surface area contributed by atoms with E-state index in [2.05, 4.69) is 15.7 Å². The van der Waals surface area contributed by atoms with Crippen LogP contribution in [0.4, 0.5) is 5.82 Å². The van der Waals surface area contributed by atoms with E-state index in [1.54, 1.807) is 17.9 Å². The number of likely N-dealkylation sites (N-methyl/N-ethyl adjacent to an activating group) is 1. The Morgan fingerprint density at radius 1 is 1.32 bits per heavy atom. The number of amides is 2. The number of carbonyl (C=O) groups excluding carboxylic acids is 2. The van der Waals surface area contributed by atoms with E-state index in [1.165, 1.54) is 0 Å². The number of rotatable bonds is 4. The van der Waals surface area contributed by atoms with Gasteiger partial charge in [0.2, 0.25) is 11.8 Å². The lowest BCUT2D eigenvalue weighted by Gasteiger charge is -2.41. The summed E-state index contributed by atoms with van der Waals surface area (Å²) in [5.74, 6) is 0.876. The molecule has 0 aliphatic carbocycles. The van der Waals surface area contributed by atoms with Crippen molar-refractivity contribution in [3.63, 3.8) is 0 Å². The summed E-state index contributed by atoms with van der Waals surface area (Å²) in [6.07, 6.45) is 2.85. The summed E-state index contributed by atoms with van der Waals surface area (Å²) >= 11 is 0. The SMILES string of the molecule is CNC(=O)C1(Nc2ccnn2C)CCN(C(=O)C(C)C)CC1. The highest BCUT2D eigenvalue weighted by atomic mass is 16.2. The summed E-state index contributed by atoms with van der Waals surface area (Å²) < 4.78 is 1.70. The van der Waals surface area contributed by atoms with Crippen molar-refractivity contribution in [2.45, 2.75) is 32.2 Å². The second kappa shape index (κ2) is 6.37. The minimum Gasteiger partial charge on any atom is -0.357 e. The van der Waals surface area contributed by atoms with E-state index in [9.17, 15) is 9.59 Å². The number of hydrogen-bond donors (Lipinski definition) is 2. The largest absolute Gasteiger partial charge is 0.357 e. The average Bonchev–Trinajstić information content (AvgIpc) is 2.91. The molecule has 0 atom stereocenters. The molecule has 2 N–H and O–H groups in total. The lowest BCUT2D eigenvalue weighted by atomic mass is 9.86. The van der Waals surface area contributed by atoms with Crippen molar-refractivity contribution in [2.24, 2.45) is 13.0 Å². The maximum atomic E-state index is 12.4. The summed E-state index contributed by atoms with van der Waals surface area (Å²) in [6.45, 7) is 4.96. The zero-order valence-corrected chi connectivity index (χ0v) is 13.7. The van der Waals surface area contributed by atoms with Gasteiger partial charge >= 0.3 is 0 Å². The lowest BCUT2D eigenvalue weighted by Crippen LogP contribution is -2.59. The van der Waals surface area contributed by atoms with Crippen LogP contribution in [-0.2, 0) is 16.6 Å². The van der Waals surface area contributed by atoms with Crippen molar-refractivity contribution in [3.05, 3.63) is 12.3 Å². The van der Waals surface area contributed by atoms with Crippen molar-refractivity contribution in [1.82, 2.24) is 20.0 Å². The van der Waals surface area contributed by atoms with E-state index in [0.29, 0.717) is 25.9 Å². The minimum absolute atomic E-state index is 0.0162. The van der Waals surface area contributed by atoms with Gasteiger partial charge in [0.05, 0.1) is 6.20 Å². The van der Waals surface area contributed by atoms with Gasteiger partial charge in [-0.25, -0.2) is 0 Å². The molecule has 122 valence electrons. The van der Waals surface area contributed by atoms with Crippen LogP contribution in [0.15, 0.2) is 12.3 Å². The molecule has 1 aliphatic rings. The fourth-order valence-electron chi connectivity index (χ4n) is 2.86. The molecule has 2 rings (SSSR count). The Labute approximate surface area is 131 Å². The molecule has 7 nitrogen and oxygen atoms in total. The number of nitrogens with zero attached hydrogens (tertiary/aromatic N) is 3. The van der Waals surface area contributed by atoms with E-state index < -0.39 is 5.54 Å². The molecular weight excluding hydrogens is 282 g/mol. The highest BCUT2D eigenvalue weighted by Crippen LogP contribution is 2.28. The van der Waals surface area contributed by atoms with E-state index in [-0.39, 0.29) is 17.7 Å². The van der Waals surface area contributed by atoms with Gasteiger partial charge in [-0.05, 0) is 12.8 Å². The highest BCUT2D eigenvalue weighted by molar-refractivity contribution is 5.89. The molecule has 1 aliphatic heterocycles. The van der Waals surface area contributed by atoms with Gasteiger partial charge in [0.15, 0.2) is 0 Å². The molecule has 0 bridgehead atoms. The first-order valence-electron chi connectivity index (χ1n) is 7.67. The number of carbonyl (C=O) groups is 2. The van der Waals surface area contributed by atoms with Crippen molar-refractivity contribution >= 4 is 17.6 Å². The molecule has 2 amide bonds. The maximum Gasteiger partial charge on any atom is 0.245 e. The van der Waals surface area contributed by atoms with E-state index in [0.717, 1.165) is 5.82 Å². The van der Waals surface area contributed by atoms with Gasteiger partial charge in [0.1, 0.15) is 11.4 Å². The third kappa shape index (κ3) is 3.08. The molecule has 22 heavy (non-hydrogen) atoms. The number of aryl methyl sites for hydroxylation is 1. The van der Waals surface area contributed by atoms with Crippen LogP contribution >= 0.6 is 0 Å². The second-order valence-electron chi connectivity index (χ2n) is 6.11. The van der Waals surface area contributed by atoms with Crippen molar-refractivity contribution in [2.75, 3.05) is 25.5 Å². The maximum absolute atomic E-state index is 12.4. The number of anilines is 1. The van der Waals surface area contributed by atoms with Crippen molar-refractivity contribution in [3.8, 4) is 0 Å². The predicted octanol–water partition coefficient (Wildman–Crippen LogP) is 0.595. The number of nitrogens with one attached hydrogen (secondary N) is 2. The second-order valence-corrected chi connectivity index (χ2v) is 6.11. The van der Waals surface area contributed by atoms with Gasteiger partial charge in [-0.15, -0.1) is 0 Å². The number of aromatic nitrogens is 2. The predicted molar refractivity (Wildman–Crippen MR) is 84.3 cm³/mol. The normalized spacial score (nSPS) is 17.4. The molecule has 1 fully saturated rings. The number of likely N-dealkylation sites (tertiary alicyclic amines) is 1. The minimum atomic E-state index is -0.698. The summed E-state index contributed by atoms with van der Waals surface area (Å²) in [6, 6.07) is 1.84. The third-order valence-electron chi connectivity index (χ3n) is 4.27. The standard InChI is InChI=1S/C15H25N5O2/c1-11(2)13(21)20-9-6-15(7-10-20,14(22)16-3)18-12-5-8-17-19(12)4/h5,8,11,18H,6-7,9-10H2,1-4H3,(H,16,22). The van der Waals surface area contributed by atoms with Crippen LogP contribution in [0.5, 0.6) is 0 Å². The van der Waals surface area contributed by atoms with Crippen molar-refractivity contribution in [1.29, 1.82) is 0 Å². The Hall–Kier alpha value is -2.05. The molecule has 0 spiro atoms. The topological polar surface area (TPSA) is 79.3 Å². The summed E-state index contributed by atoms with van der Waals surface area (Å²) in [5, 5.41) is 10.2. The molecule has 0 aromatic carbocycles. The molecule has 7 heteroatoms. The molecule has 0 unspecified atom stereocenters. The van der Waals surface area contributed by atoms with Crippen LogP contribution in [0, 0.1) is 5.92 Å². The fourth-order valence-corrected chi connectivity index (χ4v) is 2.86. The van der Waals surface area contributed by atoms with Crippen LogP contribution in [0.25, 0.3) is 0 Å². The molecule has 0 radical (unpaired) electrons. The number of hydrogen-bond acceptors (Lipinski definition) is 4. The smallest absolute Gasteiger partial charge is 0.245 e. The van der Waals surface area contributed by atoms with Crippen LogP contribution in [0.1, 0.15) is 26.7 Å². The Bertz CT molecular complexity index is 544. The number of piperidine rings is 1. The van der Waals surface area contributed by atoms with Crippen LogP contribution in [-0.4, -0.2) is 52.2 Å². The first-order valence-corrected chi connectivity index (χ1v) is 7.67. The first kappa shape index (κ1) is 16.3. The fraction of sp³-hybridized carbons (Fsp3) is 0.667. The summed E-state index contributed by atoms with van der Waals surface area (Å²) in [7, 11) is 3.47. The first-order chi connectivity index (χ1) is 10.4. The molecule has 1 saturated heterocycles. The van der Waals surface area contributed by atoms with Gasteiger partial charge in [-0.3, -0.25) is 14.3 Å². The highest BCUT2D eigenvalue weighted by Gasteiger charge is 2.42. The molecule has 1 aromatic heterocycles. The van der Waals surface area contributed by atoms with Gasteiger partial charge in [-0.1, -0.05) is 13.8 Å². The monoisotopic (exact) mass is 307 g/mol. The van der Waals surface area contributed by atoms with Gasteiger partial charge in [0.25, 0.3) is 0 Å². The summed E-state index contributed by atoms with van der Waals surface area (Å²) in [5.41, 5.74) is -0.698. The van der Waals surface area contributed by atoms with Crippen LogP contribution in [0.3, 0.4) is 0 Å². The third-order valence-corrected chi connectivity index (χ3v) is 4.27. The zero-order chi connectivity index (χ0) is 16.3. The van der Waals surface area contributed by atoms with Crippen LogP contribution in [0.2, 0.25) is 0 Å². The Morgan fingerprint density at radius 3 is 2.41 bits per heavy atom. The van der Waals surface area contributed by atoms with Gasteiger partial charge in [0, 0.05) is 39.2 Å². The van der Waals surface area contributed by atoms with E-state index >= 15 is 0 Å². The van der Waals surface area contributed by atoms with Crippen LogP contribution < -0.4 is 10.6 Å². The van der Waals surface area contributed by atoms with E-state index in [1.807, 2.05) is 31.9 Å².